The molecule has 0 aliphatic carbocycles. The summed E-state index contributed by atoms with van der Waals surface area (Å²) in [6, 6.07) is -3.82. The van der Waals surface area contributed by atoms with Crippen molar-refractivity contribution >= 4 is 42.3 Å². The lowest BCUT2D eigenvalue weighted by Gasteiger charge is -2.22. The summed E-state index contributed by atoms with van der Waals surface area (Å²) in [5.41, 5.74) is 0. The van der Waals surface area contributed by atoms with Gasteiger partial charge in [0, 0.05) is 12.2 Å². The number of thiol groups is 1. The van der Waals surface area contributed by atoms with E-state index in [2.05, 4.69) is 33.9 Å². The highest BCUT2D eigenvalue weighted by Crippen LogP contribution is 2.05. The van der Waals surface area contributed by atoms with Crippen molar-refractivity contribution in [3.05, 3.63) is 0 Å². The van der Waals surface area contributed by atoms with Crippen LogP contribution in [0.5, 0.6) is 0 Å². The summed E-state index contributed by atoms with van der Waals surface area (Å²) in [5, 5.41) is 27.9. The van der Waals surface area contributed by atoms with E-state index in [9.17, 15) is 24.0 Å². The van der Waals surface area contributed by atoms with Crippen molar-refractivity contribution in [3.63, 3.8) is 0 Å². The fourth-order valence-electron chi connectivity index (χ4n) is 2.58. The number of amides is 3. The number of hydrogen-bond donors (Lipinski definition) is 7. The zero-order valence-electron chi connectivity index (χ0n) is 15.4. The predicted octanol–water partition coefficient (Wildman–Crippen LogP) is -1.91. The maximum atomic E-state index is 12.3. The number of hydrogen-bond acceptors (Lipinski definition) is 7. The number of carbonyl (C=O) groups excluding carboxylic acids is 3. The van der Waals surface area contributed by atoms with Crippen molar-refractivity contribution in [3.8, 4) is 0 Å². The molecule has 0 aromatic carbocycles. The van der Waals surface area contributed by atoms with Gasteiger partial charge < -0.3 is 31.5 Å². The molecule has 0 spiro atoms. The smallest absolute Gasteiger partial charge is 0.326 e. The minimum Gasteiger partial charge on any atom is -0.481 e. The molecule has 0 unspecified atom stereocenters. The zero-order valence-corrected chi connectivity index (χ0v) is 16.3. The normalized spacial score (nSPS) is 19.1. The molecule has 28 heavy (non-hydrogen) atoms. The van der Waals surface area contributed by atoms with Crippen LogP contribution >= 0.6 is 12.6 Å². The Morgan fingerprint density at radius 3 is 2.25 bits per heavy atom. The lowest BCUT2D eigenvalue weighted by Crippen LogP contribution is -2.56. The van der Waals surface area contributed by atoms with Crippen molar-refractivity contribution in [1.29, 1.82) is 0 Å². The average molecular weight is 418 g/mol. The van der Waals surface area contributed by atoms with E-state index in [1.54, 1.807) is 0 Å². The molecular weight excluding hydrogens is 392 g/mol. The van der Waals surface area contributed by atoms with E-state index in [-0.39, 0.29) is 24.1 Å². The lowest BCUT2D eigenvalue weighted by molar-refractivity contribution is -0.143. The van der Waals surface area contributed by atoms with Crippen LogP contribution in [0.2, 0.25) is 0 Å². The van der Waals surface area contributed by atoms with Crippen LogP contribution in [-0.2, 0) is 24.0 Å². The Kier molecular flexibility index (Phi) is 9.73. The Hall–Kier alpha value is -2.34. The van der Waals surface area contributed by atoms with Crippen molar-refractivity contribution < 1.29 is 34.2 Å². The SMILES string of the molecule is C[C@H](NC(=O)[C@H](CS)NC(=O)[C@@H]1CCCN1)C(=O)N[C@@H](CCC(=O)O)C(=O)O. The Balaban J connectivity index is 2.57. The molecule has 1 rings (SSSR count). The molecular formula is C16H26N4O7S. The van der Waals surface area contributed by atoms with E-state index in [1.165, 1.54) is 6.92 Å². The Labute approximate surface area is 167 Å². The summed E-state index contributed by atoms with van der Waals surface area (Å²) < 4.78 is 0. The molecule has 0 aromatic heterocycles. The van der Waals surface area contributed by atoms with Crippen LogP contribution < -0.4 is 21.3 Å². The topological polar surface area (TPSA) is 174 Å². The van der Waals surface area contributed by atoms with Gasteiger partial charge in [-0.25, -0.2) is 4.79 Å². The van der Waals surface area contributed by atoms with Crippen LogP contribution in [0.4, 0.5) is 0 Å². The molecule has 1 fully saturated rings. The maximum absolute atomic E-state index is 12.3. The summed E-state index contributed by atoms with van der Waals surface area (Å²) in [4.78, 5) is 58.2. The molecule has 1 saturated heterocycles. The lowest BCUT2D eigenvalue weighted by atomic mass is 10.1. The standard InChI is InChI=1S/C16H26N4O7S/c1-8(13(23)19-10(16(26)27)4-5-12(21)22)18-15(25)11(7-28)20-14(24)9-3-2-6-17-9/h8-11,17,28H,2-7H2,1H3,(H,18,25)(H,19,23)(H,20,24)(H,21,22)(H,26,27)/t8-,9-,10-,11-/m0/s1. The first-order chi connectivity index (χ1) is 13.1. The third kappa shape index (κ3) is 7.72. The van der Waals surface area contributed by atoms with Gasteiger partial charge in [0.05, 0.1) is 6.04 Å². The monoisotopic (exact) mass is 418 g/mol. The summed E-state index contributed by atoms with van der Waals surface area (Å²) in [6.45, 7) is 2.07. The molecule has 1 aliphatic rings. The van der Waals surface area contributed by atoms with Gasteiger partial charge in [0.2, 0.25) is 17.7 Å². The van der Waals surface area contributed by atoms with Crippen molar-refractivity contribution in [2.75, 3.05) is 12.3 Å². The van der Waals surface area contributed by atoms with Gasteiger partial charge in [-0.3, -0.25) is 19.2 Å². The van der Waals surface area contributed by atoms with Gasteiger partial charge in [-0.05, 0) is 32.7 Å². The summed E-state index contributed by atoms with van der Waals surface area (Å²) in [7, 11) is 0. The highest BCUT2D eigenvalue weighted by Gasteiger charge is 2.29. The number of aliphatic carboxylic acids is 2. The molecule has 0 aromatic rings. The van der Waals surface area contributed by atoms with Crippen molar-refractivity contribution in [1.82, 2.24) is 21.3 Å². The minimum atomic E-state index is -1.39. The average Bonchev–Trinajstić information content (AvgIpc) is 3.16. The van der Waals surface area contributed by atoms with Crippen LogP contribution in [0.25, 0.3) is 0 Å². The molecule has 3 amide bonds. The van der Waals surface area contributed by atoms with E-state index < -0.39 is 48.3 Å². The number of carbonyl (C=O) groups is 5. The van der Waals surface area contributed by atoms with Gasteiger partial charge in [0.15, 0.2) is 0 Å². The maximum Gasteiger partial charge on any atom is 0.326 e. The van der Waals surface area contributed by atoms with Crippen LogP contribution in [0, 0.1) is 0 Å². The number of nitrogens with one attached hydrogen (secondary N) is 4. The highest BCUT2D eigenvalue weighted by atomic mass is 32.1. The second kappa shape index (κ2) is 11.5. The summed E-state index contributed by atoms with van der Waals surface area (Å²) in [6.07, 6.45) is 0.805. The van der Waals surface area contributed by atoms with Gasteiger partial charge in [-0.15, -0.1) is 0 Å². The molecule has 4 atom stereocenters. The first-order valence-corrected chi connectivity index (χ1v) is 9.49. The quantitative estimate of drug-likeness (QED) is 0.190. The summed E-state index contributed by atoms with van der Waals surface area (Å²) >= 11 is 4.05. The predicted molar refractivity (Wildman–Crippen MR) is 101 cm³/mol. The van der Waals surface area contributed by atoms with Crippen molar-refractivity contribution in [2.45, 2.75) is 56.8 Å². The second-order valence-electron chi connectivity index (χ2n) is 6.45. The molecule has 11 nitrogen and oxygen atoms in total. The first kappa shape index (κ1) is 23.7. The van der Waals surface area contributed by atoms with E-state index in [1.807, 2.05) is 0 Å². The highest BCUT2D eigenvalue weighted by molar-refractivity contribution is 7.80. The van der Waals surface area contributed by atoms with Gasteiger partial charge in [-0.1, -0.05) is 0 Å². The third-order valence-corrected chi connectivity index (χ3v) is 4.57. The van der Waals surface area contributed by atoms with Gasteiger partial charge in [0.25, 0.3) is 0 Å². The molecule has 6 N–H and O–H groups in total. The minimum absolute atomic E-state index is 0.00892. The Bertz CT molecular complexity index is 610. The molecule has 158 valence electrons. The van der Waals surface area contributed by atoms with Crippen molar-refractivity contribution in [2.24, 2.45) is 0 Å². The van der Waals surface area contributed by atoms with E-state index in [0.29, 0.717) is 6.42 Å². The fraction of sp³-hybridized carbons (Fsp3) is 0.688. The molecule has 0 bridgehead atoms. The van der Waals surface area contributed by atoms with Crippen LogP contribution in [-0.4, -0.2) is 76.3 Å². The van der Waals surface area contributed by atoms with Gasteiger partial charge in [-0.2, -0.15) is 12.6 Å². The van der Waals surface area contributed by atoms with Crippen LogP contribution in [0.15, 0.2) is 0 Å². The van der Waals surface area contributed by atoms with Gasteiger partial charge >= 0.3 is 11.9 Å². The Morgan fingerprint density at radius 2 is 1.75 bits per heavy atom. The Morgan fingerprint density at radius 1 is 1.07 bits per heavy atom. The number of carboxylic acids is 2. The molecule has 0 saturated carbocycles. The van der Waals surface area contributed by atoms with Crippen LogP contribution in [0.3, 0.4) is 0 Å². The number of rotatable bonds is 11. The fourth-order valence-corrected chi connectivity index (χ4v) is 2.83. The molecule has 12 heteroatoms. The molecule has 0 radical (unpaired) electrons. The molecule has 1 heterocycles. The second-order valence-corrected chi connectivity index (χ2v) is 6.82. The third-order valence-electron chi connectivity index (χ3n) is 4.21. The van der Waals surface area contributed by atoms with Crippen LogP contribution in [0.1, 0.15) is 32.6 Å². The zero-order chi connectivity index (χ0) is 21.3. The summed E-state index contributed by atoms with van der Waals surface area (Å²) in [5.74, 6) is -4.31. The molecule has 1 aliphatic heterocycles. The largest absolute Gasteiger partial charge is 0.481 e. The number of carboxylic acid groups (broad SMARTS) is 2. The van der Waals surface area contributed by atoms with Gasteiger partial charge in [0.1, 0.15) is 18.1 Å². The van der Waals surface area contributed by atoms with E-state index >= 15 is 0 Å². The van der Waals surface area contributed by atoms with E-state index in [0.717, 1.165) is 13.0 Å². The first-order valence-electron chi connectivity index (χ1n) is 8.85. The van der Waals surface area contributed by atoms with E-state index in [4.69, 9.17) is 10.2 Å².